The van der Waals surface area contributed by atoms with E-state index >= 15 is 0 Å². The molecule has 2 N–H and O–H groups in total. The molecule has 0 fully saturated rings. The minimum absolute atomic E-state index is 0.0546. The van der Waals surface area contributed by atoms with Crippen molar-refractivity contribution < 1.29 is 14.3 Å². The maximum absolute atomic E-state index is 13.4. The zero-order valence-corrected chi connectivity index (χ0v) is 20.5. The van der Waals surface area contributed by atoms with E-state index in [-0.39, 0.29) is 11.3 Å². The van der Waals surface area contributed by atoms with Crippen LogP contribution in [-0.2, 0) is 18.9 Å². The second-order valence-electron chi connectivity index (χ2n) is 9.26. The van der Waals surface area contributed by atoms with Crippen LogP contribution in [-0.4, -0.2) is 34.6 Å². The third-order valence-electron chi connectivity index (χ3n) is 5.90. The SMILES string of the molecule is CNc1nccc(OC2=CCCc3cc(C(=O)Nc4cc(C(C)(C)C)ccc4OC)n(C)c32)n1. The minimum atomic E-state index is -0.208. The Morgan fingerprint density at radius 3 is 2.68 bits per heavy atom. The predicted octanol–water partition coefficient (Wildman–Crippen LogP) is 4.78. The first-order valence-corrected chi connectivity index (χ1v) is 11.3. The number of aromatic nitrogens is 3. The van der Waals surface area contributed by atoms with Gasteiger partial charge in [-0.15, -0.1) is 0 Å². The second kappa shape index (κ2) is 9.21. The number of rotatable bonds is 6. The number of fused-ring (bicyclic) bond motifs is 1. The zero-order valence-electron chi connectivity index (χ0n) is 20.5. The Balaban J connectivity index is 1.63. The smallest absolute Gasteiger partial charge is 0.272 e. The van der Waals surface area contributed by atoms with Crippen LogP contribution in [0.1, 0.15) is 54.5 Å². The number of ether oxygens (including phenoxy) is 2. The molecule has 8 nitrogen and oxygen atoms in total. The summed E-state index contributed by atoms with van der Waals surface area (Å²) in [5.74, 6) is 2.01. The lowest BCUT2D eigenvalue weighted by molar-refractivity contribution is 0.101. The summed E-state index contributed by atoms with van der Waals surface area (Å²) >= 11 is 0. The van der Waals surface area contributed by atoms with Crippen molar-refractivity contribution in [1.29, 1.82) is 0 Å². The van der Waals surface area contributed by atoms with Gasteiger partial charge in [0.2, 0.25) is 11.8 Å². The van der Waals surface area contributed by atoms with Crippen LogP contribution in [0.2, 0.25) is 0 Å². The summed E-state index contributed by atoms with van der Waals surface area (Å²) in [7, 11) is 5.23. The largest absolute Gasteiger partial charge is 0.495 e. The lowest BCUT2D eigenvalue weighted by Crippen LogP contribution is -2.18. The summed E-state index contributed by atoms with van der Waals surface area (Å²) in [6.45, 7) is 6.41. The fourth-order valence-electron chi connectivity index (χ4n) is 4.03. The molecule has 3 aromatic rings. The van der Waals surface area contributed by atoms with Crippen molar-refractivity contribution in [2.75, 3.05) is 24.8 Å². The first-order chi connectivity index (χ1) is 16.2. The molecule has 2 heterocycles. The Hall–Kier alpha value is -3.81. The second-order valence-corrected chi connectivity index (χ2v) is 9.26. The number of benzene rings is 1. The van der Waals surface area contributed by atoms with E-state index in [0.29, 0.717) is 34.7 Å². The monoisotopic (exact) mass is 461 g/mol. The van der Waals surface area contributed by atoms with Crippen LogP contribution < -0.4 is 20.1 Å². The Labute approximate surface area is 200 Å². The number of carbonyl (C=O) groups excluding carboxylic acids is 1. The number of carbonyl (C=O) groups is 1. The van der Waals surface area contributed by atoms with Gasteiger partial charge < -0.3 is 24.7 Å². The Morgan fingerprint density at radius 1 is 1.18 bits per heavy atom. The highest BCUT2D eigenvalue weighted by Crippen LogP contribution is 2.34. The normalized spacial score (nSPS) is 13.1. The molecule has 4 rings (SSSR count). The number of aryl methyl sites for hydroxylation is 1. The summed E-state index contributed by atoms with van der Waals surface area (Å²) < 4.78 is 13.5. The Kier molecular flexibility index (Phi) is 6.32. The van der Waals surface area contributed by atoms with Gasteiger partial charge >= 0.3 is 0 Å². The van der Waals surface area contributed by atoms with E-state index in [1.165, 1.54) is 0 Å². The van der Waals surface area contributed by atoms with Crippen molar-refractivity contribution in [2.24, 2.45) is 7.05 Å². The number of nitrogens with one attached hydrogen (secondary N) is 2. The summed E-state index contributed by atoms with van der Waals surface area (Å²) in [6.07, 6.45) is 5.32. The zero-order chi connectivity index (χ0) is 24.5. The van der Waals surface area contributed by atoms with Gasteiger partial charge in [-0.25, -0.2) is 4.98 Å². The van der Waals surface area contributed by atoms with Gasteiger partial charge in [0.15, 0.2) is 0 Å². The molecule has 2 aromatic heterocycles. The standard InChI is InChI=1S/C26H31N5O3/c1-26(2,3)17-10-11-20(33-6)18(15-17)29-24(32)19-14-16-8-7-9-21(23(16)31(19)5)34-22-12-13-28-25(27-4)30-22/h9-15H,7-8H2,1-6H3,(H,29,32)(H,27,28,30). The van der Waals surface area contributed by atoms with E-state index in [4.69, 9.17) is 9.47 Å². The number of anilines is 2. The van der Waals surface area contributed by atoms with Crippen LogP contribution in [0.5, 0.6) is 11.6 Å². The maximum atomic E-state index is 13.4. The molecule has 1 aromatic carbocycles. The molecule has 8 heteroatoms. The number of allylic oxidation sites excluding steroid dienone is 1. The first-order valence-electron chi connectivity index (χ1n) is 11.3. The van der Waals surface area contributed by atoms with Crippen molar-refractivity contribution >= 4 is 23.3 Å². The molecule has 1 aliphatic rings. The summed E-state index contributed by atoms with van der Waals surface area (Å²) in [5, 5.41) is 5.96. The van der Waals surface area contributed by atoms with Crippen molar-refractivity contribution in [3.05, 3.63) is 65.1 Å². The van der Waals surface area contributed by atoms with Crippen LogP contribution >= 0.6 is 0 Å². The van der Waals surface area contributed by atoms with E-state index in [2.05, 4.69) is 41.4 Å². The lowest BCUT2D eigenvalue weighted by atomic mass is 9.87. The van der Waals surface area contributed by atoms with Gasteiger partial charge in [0.05, 0.1) is 18.5 Å². The molecule has 0 saturated carbocycles. The summed E-state index contributed by atoms with van der Waals surface area (Å²) in [5.41, 5.74) is 4.18. The van der Waals surface area contributed by atoms with Crippen molar-refractivity contribution in [2.45, 2.75) is 39.0 Å². The third-order valence-corrected chi connectivity index (χ3v) is 5.90. The van der Waals surface area contributed by atoms with E-state index in [9.17, 15) is 4.79 Å². The first kappa shape index (κ1) is 23.4. The molecule has 0 saturated heterocycles. The topological polar surface area (TPSA) is 90.3 Å². The molecule has 0 spiro atoms. The van der Waals surface area contributed by atoms with Gasteiger partial charge in [-0.1, -0.05) is 26.8 Å². The van der Waals surface area contributed by atoms with Gasteiger partial charge in [0.25, 0.3) is 5.91 Å². The molecule has 0 unspecified atom stereocenters. The van der Waals surface area contributed by atoms with Gasteiger partial charge in [-0.3, -0.25) is 4.79 Å². The van der Waals surface area contributed by atoms with E-state index < -0.39 is 0 Å². The highest BCUT2D eigenvalue weighted by atomic mass is 16.5. The molecule has 0 radical (unpaired) electrons. The van der Waals surface area contributed by atoms with E-state index in [1.807, 2.05) is 42.0 Å². The number of hydrogen-bond donors (Lipinski definition) is 2. The number of nitrogens with zero attached hydrogens (tertiary/aromatic N) is 3. The highest BCUT2D eigenvalue weighted by Gasteiger charge is 2.25. The van der Waals surface area contributed by atoms with Crippen LogP contribution in [0.3, 0.4) is 0 Å². The van der Waals surface area contributed by atoms with Gasteiger partial charge in [0.1, 0.15) is 17.2 Å². The minimum Gasteiger partial charge on any atom is -0.495 e. The predicted molar refractivity (Wildman–Crippen MR) is 134 cm³/mol. The van der Waals surface area contributed by atoms with E-state index in [1.54, 1.807) is 26.4 Å². The van der Waals surface area contributed by atoms with Crippen LogP contribution in [0.15, 0.2) is 42.6 Å². The average molecular weight is 462 g/mol. The molecule has 34 heavy (non-hydrogen) atoms. The summed E-state index contributed by atoms with van der Waals surface area (Å²) in [4.78, 5) is 21.8. The van der Waals surface area contributed by atoms with Gasteiger partial charge in [0, 0.05) is 26.4 Å². The lowest BCUT2D eigenvalue weighted by Gasteiger charge is -2.21. The molecule has 0 aliphatic heterocycles. The van der Waals surface area contributed by atoms with Crippen molar-refractivity contribution in [3.8, 4) is 11.6 Å². The van der Waals surface area contributed by atoms with E-state index in [0.717, 1.165) is 29.7 Å². The quantitative estimate of drug-likeness (QED) is 0.549. The van der Waals surface area contributed by atoms with Crippen LogP contribution in [0.4, 0.5) is 11.6 Å². The van der Waals surface area contributed by atoms with Crippen LogP contribution in [0.25, 0.3) is 5.76 Å². The number of amides is 1. The fraction of sp³-hybridized carbons (Fsp3) is 0.346. The fourth-order valence-corrected chi connectivity index (χ4v) is 4.03. The van der Waals surface area contributed by atoms with Crippen LogP contribution in [0, 0.1) is 0 Å². The molecule has 0 bridgehead atoms. The molecule has 0 atom stereocenters. The number of methoxy groups -OCH3 is 1. The van der Waals surface area contributed by atoms with Gasteiger partial charge in [-0.2, -0.15) is 4.98 Å². The molecule has 178 valence electrons. The third kappa shape index (κ3) is 4.62. The maximum Gasteiger partial charge on any atom is 0.272 e. The Bertz CT molecular complexity index is 1250. The molecule has 1 amide bonds. The average Bonchev–Trinajstić information content (AvgIpc) is 3.16. The highest BCUT2D eigenvalue weighted by molar-refractivity contribution is 6.04. The van der Waals surface area contributed by atoms with Crippen molar-refractivity contribution in [3.63, 3.8) is 0 Å². The summed E-state index contributed by atoms with van der Waals surface area (Å²) in [6, 6.07) is 9.53. The number of hydrogen-bond acceptors (Lipinski definition) is 6. The van der Waals surface area contributed by atoms with Crippen molar-refractivity contribution in [1.82, 2.24) is 14.5 Å². The molecular weight excluding hydrogens is 430 g/mol. The van der Waals surface area contributed by atoms with Gasteiger partial charge in [-0.05, 0) is 53.7 Å². The Morgan fingerprint density at radius 2 is 1.97 bits per heavy atom. The molecular formula is C26H31N5O3. The molecule has 1 aliphatic carbocycles.